The van der Waals surface area contributed by atoms with Crippen LogP contribution in [0.15, 0.2) is 58.7 Å². The van der Waals surface area contributed by atoms with Crippen molar-refractivity contribution in [2.24, 2.45) is 4.99 Å². The number of aliphatic hydroxyl groups excluding tert-OH is 1. The summed E-state index contributed by atoms with van der Waals surface area (Å²) in [4.78, 5) is 11.6. The van der Waals surface area contributed by atoms with Crippen LogP contribution in [0.4, 0.5) is 0 Å². The highest BCUT2D eigenvalue weighted by Gasteiger charge is 2.21. The fraction of sp³-hybridized carbons (Fsp3) is 0.333. The number of aromatic nitrogens is 2. The van der Waals surface area contributed by atoms with E-state index in [0.29, 0.717) is 42.0 Å². The molecule has 11 heteroatoms. The van der Waals surface area contributed by atoms with Gasteiger partial charge >= 0.3 is 0 Å². The van der Waals surface area contributed by atoms with Crippen LogP contribution in [0.5, 0.6) is 17.2 Å². The summed E-state index contributed by atoms with van der Waals surface area (Å²) in [6, 6.07) is 12.1. The Balaban J connectivity index is 1.62. The van der Waals surface area contributed by atoms with Gasteiger partial charge in [-0.3, -0.25) is 0 Å². The Bertz CT molecular complexity index is 1300. The summed E-state index contributed by atoms with van der Waals surface area (Å²) in [6.07, 6.45) is 1.92. The summed E-state index contributed by atoms with van der Waals surface area (Å²) in [5.74, 6) is 1.86. The van der Waals surface area contributed by atoms with E-state index in [0.717, 1.165) is 17.5 Å². The second-order valence-corrected chi connectivity index (χ2v) is 10.1. The average Bonchev–Trinajstić information content (AvgIpc) is 3.48. The highest BCUT2D eigenvalue weighted by atomic mass is 32.2. The van der Waals surface area contributed by atoms with Crippen LogP contribution in [0.25, 0.3) is 11.3 Å². The number of H-pyrrole nitrogens is 1. The van der Waals surface area contributed by atoms with Crippen molar-refractivity contribution >= 4 is 15.7 Å². The topological polar surface area (TPSA) is 132 Å². The van der Waals surface area contributed by atoms with Gasteiger partial charge < -0.3 is 29.0 Å². The summed E-state index contributed by atoms with van der Waals surface area (Å²) in [7, 11) is -1.80. The Morgan fingerprint density at radius 3 is 2.57 bits per heavy atom. The van der Waals surface area contributed by atoms with Crippen molar-refractivity contribution in [3.63, 3.8) is 0 Å². The van der Waals surface area contributed by atoms with E-state index in [4.69, 9.17) is 18.9 Å². The van der Waals surface area contributed by atoms with Gasteiger partial charge in [0.15, 0.2) is 14.9 Å². The number of benzene rings is 1. The van der Waals surface area contributed by atoms with Crippen molar-refractivity contribution in [1.82, 2.24) is 9.97 Å². The first-order valence-corrected chi connectivity index (χ1v) is 12.8. The van der Waals surface area contributed by atoms with Gasteiger partial charge in [-0.1, -0.05) is 0 Å². The van der Waals surface area contributed by atoms with Gasteiger partial charge in [0.25, 0.3) is 0 Å². The van der Waals surface area contributed by atoms with E-state index in [9.17, 15) is 13.5 Å². The number of aromatic amines is 1. The molecule has 35 heavy (non-hydrogen) atoms. The summed E-state index contributed by atoms with van der Waals surface area (Å²) in [5, 5.41) is 9.25. The Kier molecular flexibility index (Phi) is 7.39. The lowest BCUT2D eigenvalue weighted by Gasteiger charge is -2.16. The first-order chi connectivity index (χ1) is 16.7. The Morgan fingerprint density at radius 1 is 1.14 bits per heavy atom. The molecule has 2 atom stereocenters. The number of aliphatic imine (C=N–C) groups is 1. The van der Waals surface area contributed by atoms with Crippen molar-refractivity contribution in [3.05, 3.63) is 54.4 Å². The van der Waals surface area contributed by atoms with E-state index in [1.54, 1.807) is 19.2 Å². The molecule has 4 rings (SSSR count). The van der Waals surface area contributed by atoms with Crippen LogP contribution in [0.3, 0.4) is 0 Å². The molecule has 3 heterocycles. The van der Waals surface area contributed by atoms with Crippen molar-refractivity contribution in [1.29, 1.82) is 0 Å². The zero-order valence-electron chi connectivity index (χ0n) is 19.6. The van der Waals surface area contributed by atoms with Crippen molar-refractivity contribution in [2.75, 3.05) is 33.1 Å². The molecule has 0 saturated heterocycles. The minimum absolute atomic E-state index is 0.0320. The van der Waals surface area contributed by atoms with Crippen LogP contribution in [-0.2, 0) is 19.3 Å². The zero-order chi connectivity index (χ0) is 25.0. The molecule has 0 radical (unpaired) electrons. The molecule has 0 fully saturated rings. The second-order valence-electron chi connectivity index (χ2n) is 8.14. The number of sulfone groups is 1. The van der Waals surface area contributed by atoms with Gasteiger partial charge in [0.05, 0.1) is 26.0 Å². The number of nitrogens with zero attached hydrogens (tertiary/aromatic N) is 2. The van der Waals surface area contributed by atoms with E-state index >= 15 is 0 Å². The monoisotopic (exact) mass is 501 g/mol. The van der Waals surface area contributed by atoms with Gasteiger partial charge in [-0.2, -0.15) is 0 Å². The molecule has 2 N–H and O–H groups in total. The minimum atomic E-state index is -3.41. The lowest BCUT2D eigenvalue weighted by atomic mass is 10.1. The number of hydrogen-bond acceptors (Lipinski definition) is 9. The Hall–Kier alpha value is -3.41. The van der Waals surface area contributed by atoms with Crippen molar-refractivity contribution < 1.29 is 32.5 Å². The lowest BCUT2D eigenvalue weighted by molar-refractivity contribution is 0.0920. The molecule has 10 nitrogen and oxygen atoms in total. The fourth-order valence-electron chi connectivity index (χ4n) is 3.49. The van der Waals surface area contributed by atoms with E-state index in [-0.39, 0.29) is 23.8 Å². The van der Waals surface area contributed by atoms with Gasteiger partial charge in [0, 0.05) is 30.7 Å². The number of ether oxygens (including phenoxy) is 4. The van der Waals surface area contributed by atoms with Gasteiger partial charge in [-0.15, -0.1) is 0 Å². The van der Waals surface area contributed by atoms with Crippen molar-refractivity contribution in [3.8, 4) is 28.5 Å². The molecule has 0 amide bonds. The molecule has 2 aromatic heterocycles. The summed E-state index contributed by atoms with van der Waals surface area (Å²) in [6.45, 7) is 2.61. The van der Waals surface area contributed by atoms with E-state index in [1.807, 2.05) is 31.2 Å². The summed E-state index contributed by atoms with van der Waals surface area (Å²) >= 11 is 0. The first kappa shape index (κ1) is 24.7. The lowest BCUT2D eigenvalue weighted by Crippen LogP contribution is -2.18. The highest BCUT2D eigenvalue weighted by molar-refractivity contribution is 7.90. The number of nitrogens with one attached hydrogen (secondary N) is 1. The number of methoxy groups -OCH3 is 1. The normalized spacial score (nSPS) is 16.5. The maximum absolute atomic E-state index is 11.7. The largest absolute Gasteiger partial charge is 0.488 e. The SMILES string of the molecule is COC[C@H](C)Oc1cc(Oc2ccc(S(C)(=O)=O)nc2)cc(-c2ccc(C3=NC[C@H](CO)O3)[nH]2)c1. The number of pyridine rings is 1. The minimum Gasteiger partial charge on any atom is -0.488 e. The van der Waals surface area contributed by atoms with E-state index < -0.39 is 9.84 Å². The Labute approximate surface area is 203 Å². The van der Waals surface area contributed by atoms with Gasteiger partial charge in [0.2, 0.25) is 5.90 Å². The van der Waals surface area contributed by atoms with Crippen LogP contribution < -0.4 is 9.47 Å². The smallest absolute Gasteiger partial charge is 0.233 e. The highest BCUT2D eigenvalue weighted by Crippen LogP contribution is 2.33. The predicted octanol–water partition coefficient (Wildman–Crippen LogP) is 2.82. The number of rotatable bonds is 10. The Morgan fingerprint density at radius 2 is 1.91 bits per heavy atom. The van der Waals surface area contributed by atoms with Crippen molar-refractivity contribution in [2.45, 2.75) is 24.2 Å². The molecule has 0 aliphatic carbocycles. The molecule has 0 unspecified atom stereocenters. The molecular weight excluding hydrogens is 474 g/mol. The second kappa shape index (κ2) is 10.5. The maximum atomic E-state index is 11.7. The third-order valence-corrected chi connectivity index (χ3v) is 6.09. The molecule has 1 aliphatic heterocycles. The summed E-state index contributed by atoms with van der Waals surface area (Å²) in [5.41, 5.74) is 2.25. The standard InChI is InChI=1S/C24H27N3O7S/c1-15(14-31-2)32-18-8-16(21-5-6-22(27-21)24-26-12-20(13-28)34-24)9-19(10-18)33-17-4-7-23(25-11-17)35(3,29)30/h4-11,15,20,27-28H,12-14H2,1-3H3/t15-,20+/m0/s1. The molecular formula is C24H27N3O7S. The maximum Gasteiger partial charge on any atom is 0.233 e. The van der Waals surface area contributed by atoms with Crippen LogP contribution in [0.1, 0.15) is 12.6 Å². The zero-order valence-corrected chi connectivity index (χ0v) is 20.4. The molecule has 0 spiro atoms. The van der Waals surface area contributed by atoms with E-state index in [2.05, 4.69) is 15.0 Å². The molecule has 1 aromatic carbocycles. The molecule has 1 aliphatic rings. The predicted molar refractivity (Wildman–Crippen MR) is 129 cm³/mol. The third kappa shape index (κ3) is 6.18. The van der Waals surface area contributed by atoms with Crippen LogP contribution in [0, 0.1) is 0 Å². The molecule has 0 saturated carbocycles. The number of aliphatic hydroxyl groups is 1. The first-order valence-electron chi connectivity index (χ1n) is 10.9. The van der Waals surface area contributed by atoms with Crippen LogP contribution >= 0.6 is 0 Å². The van der Waals surface area contributed by atoms with Gasteiger partial charge in [-0.05, 0) is 43.3 Å². The fourth-order valence-corrected chi connectivity index (χ4v) is 4.05. The van der Waals surface area contributed by atoms with Crippen LogP contribution in [0.2, 0.25) is 0 Å². The summed E-state index contributed by atoms with van der Waals surface area (Å²) < 4.78 is 46.1. The quantitative estimate of drug-likeness (QED) is 0.433. The van der Waals surface area contributed by atoms with Crippen LogP contribution in [-0.4, -0.2) is 74.7 Å². The average molecular weight is 502 g/mol. The third-order valence-electron chi connectivity index (χ3n) is 5.09. The molecule has 0 bridgehead atoms. The van der Waals surface area contributed by atoms with E-state index in [1.165, 1.54) is 12.3 Å². The van der Waals surface area contributed by atoms with Gasteiger partial charge in [0.1, 0.15) is 35.2 Å². The molecule has 3 aromatic rings. The van der Waals surface area contributed by atoms with Gasteiger partial charge in [-0.25, -0.2) is 18.4 Å². The number of hydrogen-bond donors (Lipinski definition) is 2. The molecule has 186 valence electrons.